The number of amides is 2. The molecule has 6 nitrogen and oxygen atoms in total. The standard InChI is InChI=1S/C12H22N2O4/c1-14(8-7-11(15)16)12(17)13-9-5-3-4-6-10(9)18-2/h9-10H,3-8H2,1-2H3,(H,13,17)(H,15,16)/t9-,10-/m0/s1. The van der Waals surface area contributed by atoms with Crippen LogP contribution in [0.4, 0.5) is 4.79 Å². The molecule has 6 heteroatoms. The molecule has 0 bridgehead atoms. The van der Waals surface area contributed by atoms with Crippen molar-refractivity contribution >= 4 is 12.0 Å². The molecule has 0 aromatic heterocycles. The third-order valence-corrected chi connectivity index (χ3v) is 3.32. The lowest BCUT2D eigenvalue weighted by molar-refractivity contribution is -0.137. The fourth-order valence-corrected chi connectivity index (χ4v) is 2.18. The average Bonchev–Trinajstić information content (AvgIpc) is 2.36. The highest BCUT2D eigenvalue weighted by Crippen LogP contribution is 2.20. The Morgan fingerprint density at radius 3 is 2.67 bits per heavy atom. The number of aliphatic carboxylic acids is 1. The van der Waals surface area contributed by atoms with Gasteiger partial charge >= 0.3 is 12.0 Å². The summed E-state index contributed by atoms with van der Waals surface area (Å²) >= 11 is 0. The number of nitrogens with zero attached hydrogens (tertiary/aromatic N) is 1. The van der Waals surface area contributed by atoms with Crippen molar-refractivity contribution in [2.75, 3.05) is 20.7 Å². The number of nitrogens with one attached hydrogen (secondary N) is 1. The number of carbonyl (C=O) groups excluding carboxylic acids is 1. The van der Waals surface area contributed by atoms with Crippen LogP contribution in [0.25, 0.3) is 0 Å². The summed E-state index contributed by atoms with van der Waals surface area (Å²) in [6.45, 7) is 0.214. The number of methoxy groups -OCH3 is 1. The summed E-state index contributed by atoms with van der Waals surface area (Å²) in [4.78, 5) is 23.7. The van der Waals surface area contributed by atoms with Gasteiger partial charge in [0.05, 0.1) is 18.6 Å². The normalized spacial score (nSPS) is 23.4. The number of carboxylic acids is 1. The molecule has 0 radical (unpaired) electrons. The molecule has 2 atom stereocenters. The zero-order valence-electron chi connectivity index (χ0n) is 11.0. The topological polar surface area (TPSA) is 78.9 Å². The molecule has 0 aliphatic heterocycles. The summed E-state index contributed by atoms with van der Waals surface area (Å²) in [5.41, 5.74) is 0. The fraction of sp³-hybridized carbons (Fsp3) is 0.833. The predicted molar refractivity (Wildman–Crippen MR) is 66.5 cm³/mol. The largest absolute Gasteiger partial charge is 0.481 e. The quantitative estimate of drug-likeness (QED) is 0.773. The minimum Gasteiger partial charge on any atom is -0.481 e. The number of carboxylic acid groups (broad SMARTS) is 1. The summed E-state index contributed by atoms with van der Waals surface area (Å²) in [6, 6.07) is -0.200. The monoisotopic (exact) mass is 258 g/mol. The smallest absolute Gasteiger partial charge is 0.317 e. The minimum atomic E-state index is -0.901. The van der Waals surface area contributed by atoms with Crippen molar-refractivity contribution in [2.24, 2.45) is 0 Å². The van der Waals surface area contributed by atoms with E-state index in [1.807, 2.05) is 0 Å². The van der Waals surface area contributed by atoms with Gasteiger partial charge in [0, 0.05) is 20.7 Å². The first-order chi connectivity index (χ1) is 8.54. The second kappa shape index (κ2) is 7.20. The summed E-state index contributed by atoms with van der Waals surface area (Å²) in [6.07, 6.45) is 4.11. The van der Waals surface area contributed by atoms with Crippen LogP contribution in [0, 0.1) is 0 Å². The minimum absolute atomic E-state index is 0.0310. The van der Waals surface area contributed by atoms with E-state index in [0.717, 1.165) is 25.7 Å². The molecule has 2 amide bonds. The van der Waals surface area contributed by atoms with Crippen LogP contribution in [0.3, 0.4) is 0 Å². The van der Waals surface area contributed by atoms with Crippen molar-refractivity contribution in [1.82, 2.24) is 10.2 Å². The van der Waals surface area contributed by atoms with Crippen molar-refractivity contribution in [1.29, 1.82) is 0 Å². The number of hydrogen-bond donors (Lipinski definition) is 2. The van der Waals surface area contributed by atoms with Gasteiger partial charge < -0.3 is 20.1 Å². The number of urea groups is 1. The Balaban J connectivity index is 2.39. The maximum Gasteiger partial charge on any atom is 0.317 e. The van der Waals surface area contributed by atoms with Crippen LogP contribution in [0.15, 0.2) is 0 Å². The van der Waals surface area contributed by atoms with Crippen LogP contribution in [-0.4, -0.2) is 54.9 Å². The number of ether oxygens (including phenoxy) is 1. The van der Waals surface area contributed by atoms with Gasteiger partial charge in [-0.15, -0.1) is 0 Å². The van der Waals surface area contributed by atoms with Crippen LogP contribution in [0.5, 0.6) is 0 Å². The average molecular weight is 258 g/mol. The molecule has 1 rings (SSSR count). The summed E-state index contributed by atoms with van der Waals surface area (Å²) in [5, 5.41) is 11.5. The molecule has 0 spiro atoms. The Labute approximate surface area is 107 Å². The van der Waals surface area contributed by atoms with Crippen LogP contribution < -0.4 is 5.32 Å². The fourth-order valence-electron chi connectivity index (χ4n) is 2.18. The first-order valence-corrected chi connectivity index (χ1v) is 6.30. The van der Waals surface area contributed by atoms with Crippen molar-refractivity contribution < 1.29 is 19.4 Å². The molecule has 104 valence electrons. The molecule has 2 N–H and O–H groups in total. The SMILES string of the molecule is CO[C@H]1CCCC[C@@H]1NC(=O)N(C)CCC(=O)O. The molecule has 0 saturated heterocycles. The predicted octanol–water partition coefficient (Wildman–Crippen LogP) is 1.06. The second-order valence-electron chi connectivity index (χ2n) is 4.68. The van der Waals surface area contributed by atoms with Gasteiger partial charge in [0.1, 0.15) is 0 Å². The lowest BCUT2D eigenvalue weighted by Gasteiger charge is -2.32. The van der Waals surface area contributed by atoms with E-state index in [4.69, 9.17) is 9.84 Å². The second-order valence-corrected chi connectivity index (χ2v) is 4.68. The van der Waals surface area contributed by atoms with Gasteiger partial charge in [-0.2, -0.15) is 0 Å². The van der Waals surface area contributed by atoms with Crippen LogP contribution in [-0.2, 0) is 9.53 Å². The molecule has 0 unspecified atom stereocenters. The third-order valence-electron chi connectivity index (χ3n) is 3.32. The zero-order valence-corrected chi connectivity index (χ0v) is 11.0. The van der Waals surface area contributed by atoms with Gasteiger partial charge in [0.2, 0.25) is 0 Å². The molecule has 1 saturated carbocycles. The van der Waals surface area contributed by atoms with Crippen molar-refractivity contribution in [3.8, 4) is 0 Å². The molecule has 0 heterocycles. The molecule has 1 aliphatic rings. The molecule has 1 fully saturated rings. The van der Waals surface area contributed by atoms with Crippen LogP contribution in [0.2, 0.25) is 0 Å². The zero-order chi connectivity index (χ0) is 13.5. The molecule has 0 aromatic carbocycles. The van der Waals surface area contributed by atoms with E-state index in [0.29, 0.717) is 0 Å². The van der Waals surface area contributed by atoms with Gasteiger partial charge in [-0.3, -0.25) is 4.79 Å². The lowest BCUT2D eigenvalue weighted by atomic mass is 9.92. The van der Waals surface area contributed by atoms with Crippen molar-refractivity contribution in [3.63, 3.8) is 0 Å². The lowest BCUT2D eigenvalue weighted by Crippen LogP contribution is -2.50. The first-order valence-electron chi connectivity index (χ1n) is 6.30. The van der Waals surface area contributed by atoms with Crippen molar-refractivity contribution in [2.45, 2.75) is 44.2 Å². The molecular formula is C12H22N2O4. The van der Waals surface area contributed by atoms with Crippen LogP contribution >= 0.6 is 0 Å². The maximum absolute atomic E-state index is 11.9. The Morgan fingerprint density at radius 1 is 1.39 bits per heavy atom. The van der Waals surface area contributed by atoms with E-state index in [1.54, 1.807) is 14.2 Å². The number of rotatable bonds is 5. The van der Waals surface area contributed by atoms with E-state index in [-0.39, 0.29) is 31.1 Å². The Bertz CT molecular complexity index is 296. The highest BCUT2D eigenvalue weighted by molar-refractivity contribution is 5.75. The van der Waals surface area contributed by atoms with E-state index in [9.17, 15) is 9.59 Å². The van der Waals surface area contributed by atoms with E-state index >= 15 is 0 Å². The van der Waals surface area contributed by atoms with Gasteiger partial charge in [-0.25, -0.2) is 4.79 Å². The van der Waals surface area contributed by atoms with E-state index < -0.39 is 5.97 Å². The maximum atomic E-state index is 11.9. The molecule has 1 aliphatic carbocycles. The Hall–Kier alpha value is -1.30. The highest BCUT2D eigenvalue weighted by Gasteiger charge is 2.27. The number of hydrogen-bond acceptors (Lipinski definition) is 3. The highest BCUT2D eigenvalue weighted by atomic mass is 16.5. The Morgan fingerprint density at radius 2 is 2.06 bits per heavy atom. The summed E-state index contributed by atoms with van der Waals surface area (Å²) in [7, 11) is 3.26. The van der Waals surface area contributed by atoms with Gasteiger partial charge in [-0.05, 0) is 12.8 Å². The Kier molecular flexibility index (Phi) is 5.91. The van der Waals surface area contributed by atoms with Gasteiger partial charge in [0.25, 0.3) is 0 Å². The van der Waals surface area contributed by atoms with Crippen LogP contribution in [0.1, 0.15) is 32.1 Å². The van der Waals surface area contributed by atoms with E-state index in [1.165, 1.54) is 4.90 Å². The van der Waals surface area contributed by atoms with Gasteiger partial charge in [-0.1, -0.05) is 12.8 Å². The molecular weight excluding hydrogens is 236 g/mol. The number of carbonyl (C=O) groups is 2. The molecule has 0 aromatic rings. The summed E-state index contributed by atoms with van der Waals surface area (Å²) < 4.78 is 5.36. The van der Waals surface area contributed by atoms with Gasteiger partial charge in [0.15, 0.2) is 0 Å². The molecule has 18 heavy (non-hydrogen) atoms. The first kappa shape index (κ1) is 14.8. The third kappa shape index (κ3) is 4.52. The van der Waals surface area contributed by atoms with E-state index in [2.05, 4.69) is 5.32 Å². The van der Waals surface area contributed by atoms with Crippen molar-refractivity contribution in [3.05, 3.63) is 0 Å². The summed E-state index contributed by atoms with van der Waals surface area (Å²) in [5.74, 6) is -0.901.